The van der Waals surface area contributed by atoms with Crippen molar-refractivity contribution in [2.45, 2.75) is 58.0 Å². The second-order valence-electron chi connectivity index (χ2n) is 9.22. The topological polar surface area (TPSA) is 108 Å². The van der Waals surface area contributed by atoms with Crippen LogP contribution < -0.4 is 16.4 Å². The lowest BCUT2D eigenvalue weighted by molar-refractivity contribution is -0.129. The zero-order valence-corrected chi connectivity index (χ0v) is 20.2. The van der Waals surface area contributed by atoms with Gasteiger partial charge in [0.25, 0.3) is 0 Å². The predicted octanol–water partition coefficient (Wildman–Crippen LogP) is 1.80. The molecule has 1 heterocycles. The Hall–Kier alpha value is -2.68. The SMILES string of the molecule is CCCCN1CC(C(=O)NC(Cc2cc(C)cc(F)c2)C[C@H](N)CNC(=O)N(C)C)CC1=O. The molecule has 1 aliphatic rings. The van der Waals surface area contributed by atoms with E-state index in [4.69, 9.17) is 5.73 Å². The number of carbonyl (C=O) groups excluding carboxylic acids is 3. The third-order valence-corrected chi connectivity index (χ3v) is 5.81. The second kappa shape index (κ2) is 12.5. The number of nitrogens with one attached hydrogen (secondary N) is 2. The average Bonchev–Trinajstić information content (AvgIpc) is 3.10. The highest BCUT2D eigenvalue weighted by atomic mass is 19.1. The van der Waals surface area contributed by atoms with Crippen LogP contribution in [0.5, 0.6) is 0 Å². The van der Waals surface area contributed by atoms with E-state index in [1.807, 2.05) is 13.0 Å². The van der Waals surface area contributed by atoms with Gasteiger partial charge < -0.3 is 26.2 Å². The van der Waals surface area contributed by atoms with E-state index in [2.05, 4.69) is 17.6 Å². The molecular weight excluding hydrogens is 425 g/mol. The maximum Gasteiger partial charge on any atom is 0.316 e. The number of urea groups is 1. The molecule has 4 N–H and O–H groups in total. The molecule has 4 amide bonds. The minimum Gasteiger partial charge on any atom is -0.353 e. The summed E-state index contributed by atoms with van der Waals surface area (Å²) in [6, 6.07) is 3.78. The van der Waals surface area contributed by atoms with Crippen LogP contribution in [0.25, 0.3) is 0 Å². The van der Waals surface area contributed by atoms with Crippen LogP contribution in [0.3, 0.4) is 0 Å². The van der Waals surface area contributed by atoms with E-state index >= 15 is 0 Å². The van der Waals surface area contributed by atoms with Crippen LogP contribution in [-0.2, 0) is 16.0 Å². The van der Waals surface area contributed by atoms with Crippen molar-refractivity contribution in [3.63, 3.8) is 0 Å². The summed E-state index contributed by atoms with van der Waals surface area (Å²) in [6.07, 6.45) is 2.90. The molecule has 9 heteroatoms. The first-order valence-electron chi connectivity index (χ1n) is 11.6. The largest absolute Gasteiger partial charge is 0.353 e. The molecule has 1 fully saturated rings. The fraction of sp³-hybridized carbons (Fsp3) is 0.625. The molecule has 1 saturated heterocycles. The van der Waals surface area contributed by atoms with Crippen molar-refractivity contribution >= 4 is 17.8 Å². The summed E-state index contributed by atoms with van der Waals surface area (Å²) in [6.45, 7) is 5.21. The standard InChI is InChI=1S/C24H38FN5O3/c1-5-6-7-30-15-18(12-22(30)31)23(32)28-21(11-17-8-16(2)9-19(25)10-17)13-20(26)14-27-24(33)29(3)4/h8-10,18,20-21H,5-7,11-15,26H2,1-4H3,(H,27,33)(H,28,32)/t18?,20-,21?/m0/s1. The number of aryl methyl sites for hydroxylation is 1. The number of unbranched alkanes of at least 4 members (excludes halogenated alkanes) is 1. The second-order valence-corrected chi connectivity index (χ2v) is 9.22. The van der Waals surface area contributed by atoms with Gasteiger partial charge in [-0.15, -0.1) is 0 Å². The Bertz CT molecular complexity index is 812. The van der Waals surface area contributed by atoms with Crippen LogP contribution in [0.2, 0.25) is 0 Å². The zero-order chi connectivity index (χ0) is 24.5. The lowest BCUT2D eigenvalue weighted by Gasteiger charge is -2.25. The van der Waals surface area contributed by atoms with Crippen LogP contribution in [0.4, 0.5) is 9.18 Å². The Balaban J connectivity index is 2.05. The van der Waals surface area contributed by atoms with E-state index in [1.165, 1.54) is 17.0 Å². The van der Waals surface area contributed by atoms with E-state index in [9.17, 15) is 18.8 Å². The summed E-state index contributed by atoms with van der Waals surface area (Å²) < 4.78 is 13.9. The molecule has 1 aliphatic heterocycles. The van der Waals surface area contributed by atoms with Crippen LogP contribution in [0.1, 0.15) is 43.7 Å². The summed E-state index contributed by atoms with van der Waals surface area (Å²) in [5.74, 6) is -0.921. The highest BCUT2D eigenvalue weighted by Gasteiger charge is 2.34. The first kappa shape index (κ1) is 26.6. The van der Waals surface area contributed by atoms with Gasteiger partial charge in [-0.3, -0.25) is 9.59 Å². The van der Waals surface area contributed by atoms with Crippen molar-refractivity contribution in [2.75, 3.05) is 33.7 Å². The fourth-order valence-corrected chi connectivity index (χ4v) is 4.06. The van der Waals surface area contributed by atoms with Gasteiger partial charge >= 0.3 is 6.03 Å². The molecule has 184 valence electrons. The number of amides is 4. The van der Waals surface area contributed by atoms with E-state index in [0.29, 0.717) is 25.9 Å². The Morgan fingerprint density at radius 1 is 1.30 bits per heavy atom. The molecule has 0 saturated carbocycles. The van der Waals surface area contributed by atoms with E-state index in [-0.39, 0.29) is 42.7 Å². The van der Waals surface area contributed by atoms with Crippen molar-refractivity contribution in [2.24, 2.45) is 11.7 Å². The van der Waals surface area contributed by atoms with Crippen molar-refractivity contribution in [3.05, 3.63) is 35.1 Å². The Morgan fingerprint density at radius 3 is 2.67 bits per heavy atom. The fourth-order valence-electron chi connectivity index (χ4n) is 4.06. The number of carbonyl (C=O) groups is 3. The number of nitrogens with zero attached hydrogens (tertiary/aromatic N) is 2. The Morgan fingerprint density at radius 2 is 2.03 bits per heavy atom. The molecule has 2 unspecified atom stereocenters. The highest BCUT2D eigenvalue weighted by Crippen LogP contribution is 2.20. The van der Waals surface area contributed by atoms with Crippen LogP contribution in [0, 0.1) is 18.7 Å². The van der Waals surface area contributed by atoms with Crippen molar-refractivity contribution in [1.29, 1.82) is 0 Å². The number of benzene rings is 1. The third-order valence-electron chi connectivity index (χ3n) is 5.81. The summed E-state index contributed by atoms with van der Waals surface area (Å²) in [4.78, 5) is 40.2. The summed E-state index contributed by atoms with van der Waals surface area (Å²) in [5, 5.41) is 5.79. The van der Waals surface area contributed by atoms with Gasteiger partial charge in [0.15, 0.2) is 0 Å². The van der Waals surface area contributed by atoms with Gasteiger partial charge in [0, 0.05) is 52.2 Å². The Labute approximate surface area is 196 Å². The smallest absolute Gasteiger partial charge is 0.316 e. The van der Waals surface area contributed by atoms with Gasteiger partial charge in [0.2, 0.25) is 11.8 Å². The van der Waals surface area contributed by atoms with Crippen LogP contribution in [-0.4, -0.2) is 73.5 Å². The summed E-state index contributed by atoms with van der Waals surface area (Å²) in [5.41, 5.74) is 7.80. The molecule has 1 aromatic rings. The molecule has 2 rings (SSSR count). The molecule has 0 spiro atoms. The normalized spacial score (nSPS) is 17.6. The molecule has 0 aliphatic carbocycles. The molecule has 3 atom stereocenters. The Kier molecular flexibility index (Phi) is 10.1. The molecule has 0 radical (unpaired) electrons. The number of rotatable bonds is 11. The van der Waals surface area contributed by atoms with Gasteiger partial charge in [0.05, 0.1) is 5.92 Å². The first-order chi connectivity index (χ1) is 15.6. The zero-order valence-electron chi connectivity index (χ0n) is 20.2. The van der Waals surface area contributed by atoms with Crippen LogP contribution >= 0.6 is 0 Å². The third kappa shape index (κ3) is 8.64. The van der Waals surface area contributed by atoms with Gasteiger partial charge in [-0.2, -0.15) is 0 Å². The highest BCUT2D eigenvalue weighted by molar-refractivity contribution is 5.89. The quantitative estimate of drug-likeness (QED) is 0.465. The summed E-state index contributed by atoms with van der Waals surface area (Å²) >= 11 is 0. The molecule has 1 aromatic carbocycles. The number of likely N-dealkylation sites (tertiary alicyclic amines) is 1. The van der Waals surface area contributed by atoms with E-state index < -0.39 is 12.0 Å². The maximum absolute atomic E-state index is 13.9. The predicted molar refractivity (Wildman–Crippen MR) is 126 cm³/mol. The minimum atomic E-state index is -0.407. The monoisotopic (exact) mass is 463 g/mol. The van der Waals surface area contributed by atoms with E-state index in [0.717, 1.165) is 24.0 Å². The van der Waals surface area contributed by atoms with Crippen LogP contribution in [0.15, 0.2) is 18.2 Å². The molecular formula is C24H38FN5O3. The maximum atomic E-state index is 13.9. The lowest BCUT2D eigenvalue weighted by atomic mass is 9.97. The molecule has 0 bridgehead atoms. The number of hydrogen-bond acceptors (Lipinski definition) is 4. The van der Waals surface area contributed by atoms with Gasteiger partial charge in [-0.25, -0.2) is 9.18 Å². The molecule has 33 heavy (non-hydrogen) atoms. The van der Waals surface area contributed by atoms with Crippen molar-refractivity contribution in [1.82, 2.24) is 20.4 Å². The van der Waals surface area contributed by atoms with Crippen molar-refractivity contribution in [3.8, 4) is 0 Å². The number of hydrogen-bond donors (Lipinski definition) is 3. The number of nitrogens with two attached hydrogens (primary N) is 1. The lowest BCUT2D eigenvalue weighted by Crippen LogP contribution is -2.47. The first-order valence-corrected chi connectivity index (χ1v) is 11.6. The van der Waals surface area contributed by atoms with E-state index in [1.54, 1.807) is 19.0 Å². The molecule has 0 aromatic heterocycles. The minimum absolute atomic E-state index is 0.00371. The average molecular weight is 464 g/mol. The molecule has 8 nitrogen and oxygen atoms in total. The number of halogens is 1. The van der Waals surface area contributed by atoms with Gasteiger partial charge in [0.1, 0.15) is 5.82 Å². The van der Waals surface area contributed by atoms with Gasteiger partial charge in [-0.05, 0) is 49.4 Å². The van der Waals surface area contributed by atoms with Crippen molar-refractivity contribution < 1.29 is 18.8 Å². The summed E-state index contributed by atoms with van der Waals surface area (Å²) in [7, 11) is 3.28. The van der Waals surface area contributed by atoms with Gasteiger partial charge in [-0.1, -0.05) is 19.4 Å².